The van der Waals surface area contributed by atoms with Gasteiger partial charge in [0.15, 0.2) is 0 Å². The SMILES string of the molecule is CC(C(=O)N1c2ccccc2CC1C)N1CCC(C(=O)O)CC1.Cl. The first kappa shape index (κ1) is 18.7. The predicted octanol–water partition coefficient (Wildman–Crippen LogP) is 2.57. The predicted molar refractivity (Wildman–Crippen MR) is 95.7 cm³/mol. The largest absolute Gasteiger partial charge is 0.481 e. The van der Waals surface area contributed by atoms with Gasteiger partial charge >= 0.3 is 5.97 Å². The van der Waals surface area contributed by atoms with Crippen molar-refractivity contribution in [1.82, 2.24) is 4.90 Å². The maximum atomic E-state index is 13.0. The number of aliphatic carboxylic acids is 1. The summed E-state index contributed by atoms with van der Waals surface area (Å²) in [5.74, 6) is -0.859. The molecule has 0 spiro atoms. The molecule has 2 heterocycles. The molecule has 5 nitrogen and oxygen atoms in total. The molecular formula is C18H25ClN2O3. The molecule has 2 unspecified atom stereocenters. The average Bonchev–Trinajstić information content (AvgIpc) is 2.89. The highest BCUT2D eigenvalue weighted by molar-refractivity contribution is 5.99. The van der Waals surface area contributed by atoms with Crippen molar-refractivity contribution >= 4 is 30.0 Å². The topological polar surface area (TPSA) is 60.9 Å². The molecule has 1 fully saturated rings. The van der Waals surface area contributed by atoms with Crippen LogP contribution < -0.4 is 4.90 Å². The summed E-state index contributed by atoms with van der Waals surface area (Å²) in [4.78, 5) is 28.1. The van der Waals surface area contributed by atoms with Crippen LogP contribution in [0.4, 0.5) is 5.69 Å². The lowest BCUT2D eigenvalue weighted by Gasteiger charge is -2.36. The van der Waals surface area contributed by atoms with Crippen molar-refractivity contribution in [3.05, 3.63) is 29.8 Å². The van der Waals surface area contributed by atoms with Gasteiger partial charge in [0.2, 0.25) is 5.91 Å². The molecule has 0 radical (unpaired) electrons. The van der Waals surface area contributed by atoms with Gasteiger partial charge in [-0.25, -0.2) is 0 Å². The molecule has 132 valence electrons. The summed E-state index contributed by atoms with van der Waals surface area (Å²) in [7, 11) is 0. The number of fused-ring (bicyclic) bond motifs is 1. The van der Waals surface area contributed by atoms with E-state index in [-0.39, 0.29) is 36.3 Å². The number of para-hydroxylation sites is 1. The number of likely N-dealkylation sites (tertiary alicyclic amines) is 1. The summed E-state index contributed by atoms with van der Waals surface area (Å²) in [6, 6.07) is 8.06. The Kier molecular flexibility index (Phi) is 5.88. The van der Waals surface area contributed by atoms with Gasteiger partial charge in [0, 0.05) is 11.7 Å². The molecule has 2 aliphatic heterocycles. The summed E-state index contributed by atoms with van der Waals surface area (Å²) in [5, 5.41) is 9.10. The monoisotopic (exact) mass is 352 g/mol. The fraction of sp³-hybridized carbons (Fsp3) is 0.556. The summed E-state index contributed by atoms with van der Waals surface area (Å²) in [6.07, 6.45) is 2.15. The molecule has 3 rings (SSSR count). The minimum absolute atomic E-state index is 0. The normalized spacial score (nSPS) is 22.6. The smallest absolute Gasteiger partial charge is 0.306 e. The summed E-state index contributed by atoms with van der Waals surface area (Å²) < 4.78 is 0. The molecule has 1 saturated heterocycles. The average molecular weight is 353 g/mol. The van der Waals surface area contributed by atoms with Crippen molar-refractivity contribution in [1.29, 1.82) is 0 Å². The highest BCUT2D eigenvalue weighted by atomic mass is 35.5. The van der Waals surface area contributed by atoms with Gasteiger partial charge in [-0.05, 0) is 57.8 Å². The zero-order chi connectivity index (χ0) is 16.6. The number of rotatable bonds is 3. The third-order valence-corrected chi connectivity index (χ3v) is 5.23. The van der Waals surface area contributed by atoms with Crippen LogP contribution in [0.1, 0.15) is 32.3 Å². The van der Waals surface area contributed by atoms with Crippen molar-refractivity contribution < 1.29 is 14.7 Å². The Bertz CT molecular complexity index is 614. The molecule has 1 N–H and O–H groups in total. The van der Waals surface area contributed by atoms with Gasteiger partial charge in [0.1, 0.15) is 0 Å². The van der Waals surface area contributed by atoms with Crippen LogP contribution in [0.5, 0.6) is 0 Å². The molecule has 0 aromatic heterocycles. The Morgan fingerprint density at radius 1 is 1.21 bits per heavy atom. The number of amides is 1. The van der Waals surface area contributed by atoms with Gasteiger partial charge in [-0.15, -0.1) is 12.4 Å². The molecule has 0 saturated carbocycles. The molecule has 24 heavy (non-hydrogen) atoms. The van der Waals surface area contributed by atoms with Crippen molar-refractivity contribution in [3.8, 4) is 0 Å². The Morgan fingerprint density at radius 2 is 1.83 bits per heavy atom. The van der Waals surface area contributed by atoms with Crippen molar-refractivity contribution in [2.45, 2.75) is 45.2 Å². The Labute approximate surface area is 149 Å². The van der Waals surface area contributed by atoms with Crippen LogP contribution in [0.15, 0.2) is 24.3 Å². The molecular weight excluding hydrogens is 328 g/mol. The van der Waals surface area contributed by atoms with E-state index >= 15 is 0 Å². The number of piperidine rings is 1. The van der Waals surface area contributed by atoms with Crippen molar-refractivity contribution in [2.24, 2.45) is 5.92 Å². The molecule has 2 aliphatic rings. The van der Waals surface area contributed by atoms with E-state index in [9.17, 15) is 9.59 Å². The lowest BCUT2D eigenvalue weighted by Crippen LogP contribution is -2.51. The Morgan fingerprint density at radius 3 is 2.46 bits per heavy atom. The summed E-state index contributed by atoms with van der Waals surface area (Å²) >= 11 is 0. The van der Waals surface area contributed by atoms with Crippen LogP contribution in [0.25, 0.3) is 0 Å². The number of hydrogen-bond acceptors (Lipinski definition) is 3. The molecule has 6 heteroatoms. The number of carboxylic acids is 1. The second-order valence-corrected chi connectivity index (χ2v) is 6.71. The van der Waals surface area contributed by atoms with Gasteiger partial charge in [0.05, 0.1) is 12.0 Å². The van der Waals surface area contributed by atoms with Crippen LogP contribution in [-0.4, -0.2) is 47.1 Å². The van der Waals surface area contributed by atoms with E-state index < -0.39 is 5.97 Å². The maximum Gasteiger partial charge on any atom is 0.306 e. The zero-order valence-corrected chi connectivity index (χ0v) is 15.0. The third-order valence-electron chi connectivity index (χ3n) is 5.23. The van der Waals surface area contributed by atoms with Gasteiger partial charge in [-0.3, -0.25) is 14.5 Å². The van der Waals surface area contributed by atoms with Crippen LogP contribution >= 0.6 is 12.4 Å². The van der Waals surface area contributed by atoms with E-state index in [2.05, 4.69) is 17.9 Å². The molecule has 1 aromatic rings. The fourth-order valence-corrected chi connectivity index (χ4v) is 3.79. The lowest BCUT2D eigenvalue weighted by molar-refractivity contribution is -0.143. The van der Waals surface area contributed by atoms with E-state index in [0.29, 0.717) is 25.9 Å². The van der Waals surface area contributed by atoms with E-state index in [4.69, 9.17) is 5.11 Å². The minimum Gasteiger partial charge on any atom is -0.481 e. The summed E-state index contributed by atoms with van der Waals surface area (Å²) in [6.45, 7) is 5.37. The second-order valence-electron chi connectivity index (χ2n) is 6.71. The van der Waals surface area contributed by atoms with Crippen LogP contribution in [-0.2, 0) is 16.0 Å². The molecule has 0 aliphatic carbocycles. The van der Waals surface area contributed by atoms with Gasteiger partial charge in [-0.1, -0.05) is 18.2 Å². The lowest BCUT2D eigenvalue weighted by atomic mass is 9.96. The number of carbonyl (C=O) groups excluding carboxylic acids is 1. The second kappa shape index (κ2) is 7.53. The van der Waals surface area contributed by atoms with E-state index in [0.717, 1.165) is 12.1 Å². The third kappa shape index (κ3) is 3.42. The zero-order valence-electron chi connectivity index (χ0n) is 14.1. The first-order valence-electron chi connectivity index (χ1n) is 8.37. The number of carboxylic acid groups (broad SMARTS) is 1. The standard InChI is InChI=1S/C18H24N2O3.ClH/c1-12-11-15-5-3-4-6-16(15)20(12)17(21)13(2)19-9-7-14(8-10-19)18(22)23;/h3-6,12-14H,7-11H2,1-2H3,(H,22,23);1H. The number of carbonyl (C=O) groups is 2. The minimum atomic E-state index is -0.717. The molecule has 1 amide bonds. The van der Waals surface area contributed by atoms with Gasteiger partial charge in [0.25, 0.3) is 0 Å². The number of hydrogen-bond donors (Lipinski definition) is 1. The molecule has 2 atom stereocenters. The Balaban J connectivity index is 0.00000208. The van der Waals surface area contributed by atoms with Crippen LogP contribution in [0.3, 0.4) is 0 Å². The Hall–Kier alpha value is -1.59. The fourth-order valence-electron chi connectivity index (χ4n) is 3.79. The quantitative estimate of drug-likeness (QED) is 0.908. The van der Waals surface area contributed by atoms with Crippen LogP contribution in [0, 0.1) is 5.92 Å². The number of nitrogens with zero attached hydrogens (tertiary/aromatic N) is 2. The van der Waals surface area contributed by atoms with Gasteiger partial charge in [-0.2, -0.15) is 0 Å². The van der Waals surface area contributed by atoms with E-state index in [1.54, 1.807) is 0 Å². The highest BCUT2D eigenvalue weighted by Crippen LogP contribution is 2.33. The van der Waals surface area contributed by atoms with Crippen molar-refractivity contribution in [3.63, 3.8) is 0 Å². The van der Waals surface area contributed by atoms with E-state index in [1.165, 1.54) is 5.56 Å². The summed E-state index contributed by atoms with van der Waals surface area (Å²) in [5.41, 5.74) is 2.25. The number of halogens is 1. The number of benzene rings is 1. The highest BCUT2D eigenvalue weighted by Gasteiger charge is 2.36. The van der Waals surface area contributed by atoms with Crippen LogP contribution in [0.2, 0.25) is 0 Å². The molecule has 1 aromatic carbocycles. The molecule has 0 bridgehead atoms. The van der Waals surface area contributed by atoms with Gasteiger partial charge < -0.3 is 10.0 Å². The first-order chi connectivity index (χ1) is 11.0. The number of anilines is 1. The first-order valence-corrected chi connectivity index (χ1v) is 8.37. The van der Waals surface area contributed by atoms with E-state index in [1.807, 2.05) is 30.0 Å². The van der Waals surface area contributed by atoms with Crippen molar-refractivity contribution in [2.75, 3.05) is 18.0 Å². The maximum absolute atomic E-state index is 13.0.